The van der Waals surface area contributed by atoms with Crippen LogP contribution in [0.25, 0.3) is 0 Å². The number of carbonyl (C=O) groups excluding carboxylic acids is 2. The number of aromatic nitrogens is 2. The molecule has 2 amide bonds. The van der Waals surface area contributed by atoms with E-state index >= 15 is 0 Å². The van der Waals surface area contributed by atoms with Crippen LogP contribution < -0.4 is 10.6 Å². The van der Waals surface area contributed by atoms with Gasteiger partial charge in [-0.2, -0.15) is 5.10 Å². The van der Waals surface area contributed by atoms with E-state index in [0.29, 0.717) is 18.0 Å². The highest BCUT2D eigenvalue weighted by Crippen LogP contribution is 2.52. The minimum atomic E-state index is -0.919. The third-order valence-corrected chi connectivity index (χ3v) is 6.07. The van der Waals surface area contributed by atoms with Crippen molar-refractivity contribution in [3.05, 3.63) is 36.0 Å². The molecule has 3 N–H and O–H groups in total. The molecule has 4 unspecified atom stereocenters. The maximum Gasteiger partial charge on any atom is 0.307 e. The molecule has 0 radical (unpaired) electrons. The van der Waals surface area contributed by atoms with Crippen LogP contribution in [0, 0.1) is 23.7 Å². The molecule has 0 saturated heterocycles. The Morgan fingerprint density at radius 3 is 2.69 bits per heavy atom. The lowest BCUT2D eigenvalue weighted by atomic mass is 9.78. The number of aliphatic carboxylic acids is 1. The van der Waals surface area contributed by atoms with Crippen molar-refractivity contribution in [1.29, 1.82) is 0 Å². The van der Waals surface area contributed by atoms with Gasteiger partial charge in [-0.05, 0) is 50.2 Å². The number of amides is 2. The number of hydrogen-bond acceptors (Lipinski definition) is 5. The first kappa shape index (κ1) is 19.2. The Balaban J connectivity index is 1.50. The average molecular weight is 400 g/mol. The van der Waals surface area contributed by atoms with Crippen molar-refractivity contribution in [1.82, 2.24) is 15.1 Å². The molecular formula is C20H24N4O5. The van der Waals surface area contributed by atoms with Gasteiger partial charge in [0.25, 0.3) is 5.91 Å². The number of carbonyl (C=O) groups is 3. The monoisotopic (exact) mass is 400 g/mol. The molecule has 2 heterocycles. The first-order valence-corrected chi connectivity index (χ1v) is 9.89. The molecule has 0 aliphatic heterocycles. The number of fused-ring (bicyclic) bond motifs is 2. The molecule has 0 aromatic carbocycles. The van der Waals surface area contributed by atoms with Gasteiger partial charge in [-0.25, -0.2) is 0 Å². The lowest BCUT2D eigenvalue weighted by Crippen LogP contribution is -2.38. The zero-order valence-corrected chi connectivity index (χ0v) is 16.1. The van der Waals surface area contributed by atoms with Gasteiger partial charge in [0.05, 0.1) is 30.3 Å². The summed E-state index contributed by atoms with van der Waals surface area (Å²) in [5.74, 6) is -2.20. The standard InChI is InChI=1S/C20H24N4O5/c1-2-24-10-14(17(23-24)19(26)21-9-13-4-3-7-29-13)22-18(25)15-11-5-6-12(8-11)16(15)20(27)28/h3-4,7,10-12,15-16H,2,5-6,8-9H2,1H3,(H,21,26)(H,22,25)(H,27,28). The summed E-state index contributed by atoms with van der Waals surface area (Å²) in [6, 6.07) is 3.47. The number of rotatable bonds is 7. The molecule has 29 heavy (non-hydrogen) atoms. The van der Waals surface area contributed by atoms with Gasteiger partial charge in [-0.15, -0.1) is 0 Å². The Morgan fingerprint density at radius 2 is 2.03 bits per heavy atom. The van der Waals surface area contributed by atoms with Crippen molar-refractivity contribution < 1.29 is 23.9 Å². The van der Waals surface area contributed by atoms with Gasteiger partial charge in [0.15, 0.2) is 5.69 Å². The van der Waals surface area contributed by atoms with Gasteiger partial charge in [-0.1, -0.05) is 0 Å². The highest BCUT2D eigenvalue weighted by Gasteiger charge is 2.54. The smallest absolute Gasteiger partial charge is 0.307 e. The summed E-state index contributed by atoms with van der Waals surface area (Å²) in [5, 5.41) is 19.4. The molecule has 2 aliphatic rings. The molecule has 4 atom stereocenters. The van der Waals surface area contributed by atoms with Gasteiger partial charge >= 0.3 is 5.97 Å². The highest BCUT2D eigenvalue weighted by molar-refractivity contribution is 6.03. The summed E-state index contributed by atoms with van der Waals surface area (Å²) in [6.45, 7) is 2.60. The Labute approximate surface area is 167 Å². The molecule has 0 spiro atoms. The van der Waals surface area contributed by atoms with Gasteiger partial charge in [0, 0.05) is 12.7 Å². The summed E-state index contributed by atoms with van der Waals surface area (Å²) >= 11 is 0. The van der Waals surface area contributed by atoms with Crippen LogP contribution in [0.4, 0.5) is 5.69 Å². The summed E-state index contributed by atoms with van der Waals surface area (Å²) in [7, 11) is 0. The predicted octanol–water partition coefficient (Wildman–Crippen LogP) is 2.11. The van der Waals surface area contributed by atoms with Gasteiger partial charge in [0.2, 0.25) is 5.91 Å². The minimum Gasteiger partial charge on any atom is -0.481 e. The highest BCUT2D eigenvalue weighted by atomic mass is 16.4. The van der Waals surface area contributed by atoms with Gasteiger partial charge < -0.3 is 20.2 Å². The number of carboxylic acids is 1. The first-order chi connectivity index (χ1) is 14.0. The Kier molecular flexibility index (Phi) is 5.12. The summed E-state index contributed by atoms with van der Waals surface area (Å²) in [5.41, 5.74) is 0.391. The fraction of sp³-hybridized carbons (Fsp3) is 0.500. The van der Waals surface area contributed by atoms with Crippen molar-refractivity contribution in [3.63, 3.8) is 0 Å². The largest absolute Gasteiger partial charge is 0.481 e. The van der Waals surface area contributed by atoms with Crippen LogP contribution in [0.5, 0.6) is 0 Å². The second-order valence-electron chi connectivity index (χ2n) is 7.72. The van der Waals surface area contributed by atoms with E-state index in [2.05, 4.69) is 15.7 Å². The van der Waals surface area contributed by atoms with Crippen LogP contribution in [0.2, 0.25) is 0 Å². The van der Waals surface area contributed by atoms with E-state index in [9.17, 15) is 19.5 Å². The third-order valence-electron chi connectivity index (χ3n) is 6.07. The van der Waals surface area contributed by atoms with E-state index < -0.39 is 23.7 Å². The van der Waals surface area contributed by atoms with E-state index in [4.69, 9.17) is 4.42 Å². The fourth-order valence-corrected chi connectivity index (χ4v) is 4.75. The number of furan rings is 1. The zero-order valence-electron chi connectivity index (χ0n) is 16.1. The molecular weight excluding hydrogens is 376 g/mol. The van der Waals surface area contributed by atoms with Crippen molar-refractivity contribution >= 4 is 23.5 Å². The lowest BCUT2D eigenvalue weighted by molar-refractivity contribution is -0.148. The first-order valence-electron chi connectivity index (χ1n) is 9.89. The lowest BCUT2D eigenvalue weighted by Gasteiger charge is -2.26. The molecule has 2 saturated carbocycles. The number of nitrogens with zero attached hydrogens (tertiary/aromatic N) is 2. The van der Waals surface area contributed by atoms with E-state index in [0.717, 1.165) is 19.3 Å². The average Bonchev–Trinajstić information content (AvgIpc) is 3.49. The minimum absolute atomic E-state index is 0.0580. The molecule has 154 valence electrons. The maximum absolute atomic E-state index is 13.0. The zero-order chi connectivity index (χ0) is 20.5. The summed E-state index contributed by atoms with van der Waals surface area (Å²) in [6.07, 6.45) is 5.63. The van der Waals surface area contributed by atoms with Crippen LogP contribution in [0.1, 0.15) is 42.4 Å². The molecule has 2 aliphatic carbocycles. The molecule has 9 nitrogen and oxygen atoms in total. The van der Waals surface area contributed by atoms with Crippen molar-refractivity contribution in [3.8, 4) is 0 Å². The van der Waals surface area contributed by atoms with Crippen molar-refractivity contribution in [2.45, 2.75) is 39.3 Å². The summed E-state index contributed by atoms with van der Waals surface area (Å²) in [4.78, 5) is 37.3. The van der Waals surface area contributed by atoms with E-state index in [1.165, 1.54) is 6.26 Å². The Hall–Kier alpha value is -3.10. The van der Waals surface area contributed by atoms with Crippen molar-refractivity contribution in [2.75, 3.05) is 5.32 Å². The number of anilines is 1. The topological polar surface area (TPSA) is 126 Å². The van der Waals surface area contributed by atoms with E-state index in [1.807, 2.05) is 6.92 Å². The van der Waals surface area contributed by atoms with Crippen LogP contribution in [0.15, 0.2) is 29.0 Å². The second kappa shape index (κ2) is 7.73. The predicted molar refractivity (Wildman–Crippen MR) is 102 cm³/mol. The molecule has 4 rings (SSSR count). The quantitative estimate of drug-likeness (QED) is 0.653. The van der Waals surface area contributed by atoms with Gasteiger partial charge in [0.1, 0.15) is 5.76 Å². The van der Waals surface area contributed by atoms with Crippen molar-refractivity contribution in [2.24, 2.45) is 23.7 Å². The normalized spacial score (nSPS) is 25.1. The van der Waals surface area contributed by atoms with Crippen LogP contribution in [0.3, 0.4) is 0 Å². The van der Waals surface area contributed by atoms with E-state index in [1.54, 1.807) is 23.0 Å². The number of nitrogens with one attached hydrogen (secondary N) is 2. The number of aryl methyl sites for hydroxylation is 1. The van der Waals surface area contributed by atoms with Crippen LogP contribution >= 0.6 is 0 Å². The van der Waals surface area contributed by atoms with E-state index in [-0.39, 0.29) is 30.0 Å². The summed E-state index contributed by atoms with van der Waals surface area (Å²) < 4.78 is 6.77. The molecule has 2 aromatic rings. The number of hydrogen-bond donors (Lipinski definition) is 3. The maximum atomic E-state index is 13.0. The third kappa shape index (κ3) is 3.64. The molecule has 9 heteroatoms. The SMILES string of the molecule is CCn1cc(NC(=O)C2C3CCC(C3)C2C(=O)O)c(C(=O)NCc2ccco2)n1. The Morgan fingerprint density at radius 1 is 1.28 bits per heavy atom. The molecule has 2 aromatic heterocycles. The molecule has 2 fully saturated rings. The van der Waals surface area contributed by atoms with Crippen LogP contribution in [-0.4, -0.2) is 32.7 Å². The number of carboxylic acid groups (broad SMARTS) is 1. The van der Waals surface area contributed by atoms with Gasteiger partial charge in [-0.3, -0.25) is 19.1 Å². The Bertz CT molecular complexity index is 919. The second-order valence-corrected chi connectivity index (χ2v) is 7.72. The van der Waals surface area contributed by atoms with Crippen LogP contribution in [-0.2, 0) is 22.7 Å². The fourth-order valence-electron chi connectivity index (χ4n) is 4.75. The molecule has 2 bridgehead atoms.